The highest BCUT2D eigenvalue weighted by atomic mass is 35.5. The summed E-state index contributed by atoms with van der Waals surface area (Å²) >= 11 is 6.47. The fourth-order valence-electron chi connectivity index (χ4n) is 4.51. The third-order valence-electron chi connectivity index (χ3n) is 7.21. The lowest BCUT2D eigenvalue weighted by atomic mass is 10.1. The lowest BCUT2D eigenvalue weighted by Crippen LogP contribution is -2.53. The second kappa shape index (κ2) is 14.0. The minimum Gasteiger partial charge on any atom is -0.352 e. The molecule has 41 heavy (non-hydrogen) atoms. The van der Waals surface area contributed by atoms with Gasteiger partial charge in [-0.2, -0.15) is 0 Å². The molecule has 0 aliphatic rings. The van der Waals surface area contributed by atoms with Crippen molar-refractivity contribution in [1.82, 2.24) is 10.2 Å². The van der Waals surface area contributed by atoms with E-state index in [0.717, 1.165) is 21.9 Å². The Labute approximate surface area is 249 Å². The molecule has 0 aliphatic heterocycles. The molecule has 0 saturated heterocycles. The molecular weight excluding hydrogens is 558 g/mol. The molecule has 0 aliphatic carbocycles. The van der Waals surface area contributed by atoms with E-state index < -0.39 is 28.5 Å². The first-order valence-corrected chi connectivity index (χ1v) is 15.7. The van der Waals surface area contributed by atoms with Crippen LogP contribution < -0.4 is 9.62 Å². The topological polar surface area (TPSA) is 86.8 Å². The van der Waals surface area contributed by atoms with Crippen molar-refractivity contribution in [3.8, 4) is 0 Å². The normalized spacial score (nSPS) is 12.9. The molecule has 2 amide bonds. The molecule has 2 atom stereocenters. The summed E-state index contributed by atoms with van der Waals surface area (Å²) in [6.45, 7) is 10.8. The molecule has 0 bridgehead atoms. The minimum absolute atomic E-state index is 0.0517. The van der Waals surface area contributed by atoms with Crippen LogP contribution in [0.25, 0.3) is 0 Å². The maximum atomic E-state index is 14.2. The van der Waals surface area contributed by atoms with E-state index >= 15 is 0 Å². The molecule has 0 aromatic heterocycles. The van der Waals surface area contributed by atoms with Crippen molar-refractivity contribution in [1.29, 1.82) is 0 Å². The zero-order valence-electron chi connectivity index (χ0n) is 24.6. The van der Waals surface area contributed by atoms with Gasteiger partial charge in [-0.3, -0.25) is 13.9 Å². The molecular formula is C32H40ClN3O4S. The molecule has 0 spiro atoms. The summed E-state index contributed by atoms with van der Waals surface area (Å²) in [5.41, 5.74) is 3.56. The van der Waals surface area contributed by atoms with Crippen molar-refractivity contribution in [2.45, 2.75) is 77.9 Å². The number of anilines is 1. The monoisotopic (exact) mass is 597 g/mol. The van der Waals surface area contributed by atoms with Gasteiger partial charge in [0.1, 0.15) is 12.6 Å². The molecule has 9 heteroatoms. The van der Waals surface area contributed by atoms with Gasteiger partial charge in [-0.25, -0.2) is 8.42 Å². The van der Waals surface area contributed by atoms with Crippen molar-refractivity contribution >= 4 is 39.1 Å². The Morgan fingerprint density at radius 2 is 1.54 bits per heavy atom. The predicted molar refractivity (Wildman–Crippen MR) is 166 cm³/mol. The van der Waals surface area contributed by atoms with Crippen LogP contribution in [0.2, 0.25) is 5.02 Å². The molecule has 7 nitrogen and oxygen atoms in total. The summed E-state index contributed by atoms with van der Waals surface area (Å²) < 4.78 is 29.3. The Kier molecular flexibility index (Phi) is 11.0. The molecule has 0 radical (unpaired) electrons. The van der Waals surface area contributed by atoms with E-state index in [2.05, 4.69) is 5.32 Å². The van der Waals surface area contributed by atoms with Crippen LogP contribution in [0.4, 0.5) is 5.69 Å². The third kappa shape index (κ3) is 7.89. The number of amides is 2. The van der Waals surface area contributed by atoms with Crippen LogP contribution in [-0.4, -0.2) is 43.8 Å². The van der Waals surface area contributed by atoms with Crippen molar-refractivity contribution < 1.29 is 18.0 Å². The highest BCUT2D eigenvalue weighted by Gasteiger charge is 2.34. The van der Waals surface area contributed by atoms with Crippen LogP contribution in [0.3, 0.4) is 0 Å². The van der Waals surface area contributed by atoms with Crippen LogP contribution >= 0.6 is 11.6 Å². The number of aryl methyl sites for hydroxylation is 3. The SMILES string of the molecule is CC[C@@H](C)NC(=O)[C@@H](CC)N(Cc1ccccc1Cl)C(=O)CN(c1cc(C)ccc1C)S(=O)(=O)c1ccc(C)cc1. The zero-order valence-corrected chi connectivity index (χ0v) is 26.2. The number of sulfonamides is 1. The van der Waals surface area contributed by atoms with E-state index in [1.54, 1.807) is 48.5 Å². The summed E-state index contributed by atoms with van der Waals surface area (Å²) in [6.07, 6.45) is 1.07. The van der Waals surface area contributed by atoms with E-state index in [1.807, 2.05) is 59.7 Å². The van der Waals surface area contributed by atoms with Gasteiger partial charge < -0.3 is 10.2 Å². The van der Waals surface area contributed by atoms with Crippen LogP contribution in [0.15, 0.2) is 71.6 Å². The Morgan fingerprint density at radius 3 is 2.15 bits per heavy atom. The second-order valence-electron chi connectivity index (χ2n) is 10.5. The standard InChI is InChI=1S/C32H40ClN3O4S/c1-7-25(6)34-32(38)29(8-2)35(20-26-11-9-10-12-28(26)33)31(37)21-36(30-19-23(4)13-16-24(30)5)41(39,40)27-17-14-22(3)15-18-27/h9-19,25,29H,7-8,20-21H2,1-6H3,(H,34,38)/t25-,29-/m1/s1. The molecule has 220 valence electrons. The lowest BCUT2D eigenvalue weighted by molar-refractivity contribution is -0.140. The highest BCUT2D eigenvalue weighted by molar-refractivity contribution is 7.92. The molecule has 3 aromatic rings. The van der Waals surface area contributed by atoms with Crippen molar-refractivity contribution in [2.24, 2.45) is 0 Å². The van der Waals surface area contributed by atoms with Crippen LogP contribution in [-0.2, 0) is 26.2 Å². The lowest BCUT2D eigenvalue weighted by Gasteiger charge is -2.34. The van der Waals surface area contributed by atoms with Gasteiger partial charge in [0, 0.05) is 17.6 Å². The van der Waals surface area contributed by atoms with Gasteiger partial charge >= 0.3 is 0 Å². The number of halogens is 1. The number of hydrogen-bond acceptors (Lipinski definition) is 4. The number of carbonyl (C=O) groups excluding carboxylic acids is 2. The average Bonchev–Trinajstić information content (AvgIpc) is 2.94. The first kappa shape index (κ1) is 32.2. The van der Waals surface area contributed by atoms with Crippen molar-refractivity contribution in [3.63, 3.8) is 0 Å². The molecule has 3 rings (SSSR count). The molecule has 0 saturated carbocycles. The summed E-state index contributed by atoms with van der Waals surface area (Å²) in [6, 6.07) is 18.3. The van der Waals surface area contributed by atoms with E-state index in [1.165, 1.54) is 4.90 Å². The molecule has 0 unspecified atom stereocenters. The quantitative estimate of drug-likeness (QED) is 0.270. The molecule has 3 aromatic carbocycles. The Bertz CT molecular complexity index is 1470. The maximum Gasteiger partial charge on any atom is 0.264 e. The Hall–Kier alpha value is -3.36. The third-order valence-corrected chi connectivity index (χ3v) is 9.35. The van der Waals surface area contributed by atoms with E-state index in [9.17, 15) is 18.0 Å². The first-order chi connectivity index (χ1) is 19.4. The summed E-state index contributed by atoms with van der Waals surface area (Å²) in [4.78, 5) is 29.2. The van der Waals surface area contributed by atoms with Gasteiger partial charge in [0.15, 0.2) is 0 Å². The van der Waals surface area contributed by atoms with Gasteiger partial charge in [-0.1, -0.05) is 73.5 Å². The van der Waals surface area contributed by atoms with E-state index in [0.29, 0.717) is 28.3 Å². The highest BCUT2D eigenvalue weighted by Crippen LogP contribution is 2.29. The van der Waals surface area contributed by atoms with Crippen molar-refractivity contribution in [2.75, 3.05) is 10.8 Å². The Balaban J connectivity index is 2.11. The number of rotatable bonds is 12. The number of nitrogens with zero attached hydrogens (tertiary/aromatic N) is 2. The fraction of sp³-hybridized carbons (Fsp3) is 0.375. The first-order valence-electron chi connectivity index (χ1n) is 13.9. The van der Waals surface area contributed by atoms with Gasteiger partial charge in [0.2, 0.25) is 11.8 Å². The van der Waals surface area contributed by atoms with Gasteiger partial charge in [0.05, 0.1) is 10.6 Å². The average molecular weight is 598 g/mol. The second-order valence-corrected chi connectivity index (χ2v) is 12.7. The Morgan fingerprint density at radius 1 is 0.902 bits per heavy atom. The van der Waals surface area contributed by atoms with Gasteiger partial charge in [-0.15, -0.1) is 0 Å². The predicted octanol–water partition coefficient (Wildman–Crippen LogP) is 6.18. The summed E-state index contributed by atoms with van der Waals surface area (Å²) in [5.74, 6) is -0.797. The van der Waals surface area contributed by atoms with Gasteiger partial charge in [-0.05, 0) is 81.5 Å². The van der Waals surface area contributed by atoms with Crippen LogP contribution in [0, 0.1) is 20.8 Å². The van der Waals surface area contributed by atoms with Gasteiger partial charge in [0.25, 0.3) is 10.0 Å². The van der Waals surface area contributed by atoms with Crippen molar-refractivity contribution in [3.05, 3.63) is 94.0 Å². The number of nitrogens with one attached hydrogen (secondary N) is 1. The number of carbonyl (C=O) groups is 2. The fourth-order valence-corrected chi connectivity index (χ4v) is 6.18. The largest absolute Gasteiger partial charge is 0.352 e. The maximum absolute atomic E-state index is 14.2. The zero-order chi connectivity index (χ0) is 30.3. The number of benzene rings is 3. The summed E-state index contributed by atoms with van der Waals surface area (Å²) in [7, 11) is -4.14. The molecule has 0 fully saturated rings. The van der Waals surface area contributed by atoms with E-state index in [4.69, 9.17) is 11.6 Å². The minimum atomic E-state index is -4.14. The number of hydrogen-bond donors (Lipinski definition) is 1. The molecule has 1 N–H and O–H groups in total. The van der Waals surface area contributed by atoms with E-state index in [-0.39, 0.29) is 23.4 Å². The van der Waals surface area contributed by atoms with Crippen LogP contribution in [0.5, 0.6) is 0 Å². The van der Waals surface area contributed by atoms with Crippen LogP contribution in [0.1, 0.15) is 55.9 Å². The smallest absolute Gasteiger partial charge is 0.264 e. The summed E-state index contributed by atoms with van der Waals surface area (Å²) in [5, 5.41) is 3.44. The molecule has 0 heterocycles.